The fourth-order valence-electron chi connectivity index (χ4n) is 3.36. The van der Waals surface area contributed by atoms with Crippen LogP contribution in [0.15, 0.2) is 18.2 Å². The number of aliphatic carboxylic acids is 1. The SMILES string of the molecule is Cc1ccc(F)c(-n2nc(C(=O)N(CC(=O)O)C(C)C)c3c2CCC3)c1. The van der Waals surface area contributed by atoms with Gasteiger partial charge >= 0.3 is 5.97 Å². The maximum absolute atomic E-state index is 14.4. The highest BCUT2D eigenvalue weighted by atomic mass is 19.1. The van der Waals surface area contributed by atoms with Gasteiger partial charge in [-0.25, -0.2) is 9.07 Å². The van der Waals surface area contributed by atoms with E-state index in [1.165, 1.54) is 15.6 Å². The number of aromatic nitrogens is 2. The molecule has 1 heterocycles. The molecule has 0 saturated heterocycles. The van der Waals surface area contributed by atoms with Gasteiger partial charge in [0.1, 0.15) is 18.0 Å². The van der Waals surface area contributed by atoms with Crippen LogP contribution in [0, 0.1) is 12.7 Å². The van der Waals surface area contributed by atoms with Crippen molar-refractivity contribution in [2.45, 2.75) is 46.1 Å². The zero-order valence-electron chi connectivity index (χ0n) is 15.1. The predicted octanol–water partition coefficient (Wildman–Crippen LogP) is 2.74. The Bertz CT molecular complexity index is 873. The molecule has 0 bridgehead atoms. The molecule has 26 heavy (non-hydrogen) atoms. The van der Waals surface area contributed by atoms with E-state index in [1.54, 1.807) is 26.0 Å². The highest BCUT2D eigenvalue weighted by molar-refractivity contribution is 5.96. The maximum atomic E-state index is 14.4. The first kappa shape index (κ1) is 18.1. The lowest BCUT2D eigenvalue weighted by molar-refractivity contribution is -0.138. The van der Waals surface area contributed by atoms with Crippen LogP contribution in [0.3, 0.4) is 0 Å². The summed E-state index contributed by atoms with van der Waals surface area (Å²) in [5, 5.41) is 13.5. The van der Waals surface area contributed by atoms with Crippen LogP contribution in [0.5, 0.6) is 0 Å². The second-order valence-corrected chi connectivity index (χ2v) is 6.91. The Balaban J connectivity index is 2.09. The van der Waals surface area contributed by atoms with Gasteiger partial charge in [0.25, 0.3) is 5.91 Å². The summed E-state index contributed by atoms with van der Waals surface area (Å²) in [5.74, 6) is -1.90. The molecule has 0 aliphatic heterocycles. The maximum Gasteiger partial charge on any atom is 0.323 e. The van der Waals surface area contributed by atoms with Gasteiger partial charge in [-0.2, -0.15) is 5.10 Å². The molecule has 0 radical (unpaired) electrons. The molecule has 1 aromatic heterocycles. The minimum Gasteiger partial charge on any atom is -0.480 e. The fraction of sp³-hybridized carbons (Fsp3) is 0.421. The summed E-state index contributed by atoms with van der Waals surface area (Å²) in [4.78, 5) is 25.4. The van der Waals surface area contributed by atoms with Crippen molar-refractivity contribution in [2.75, 3.05) is 6.54 Å². The molecule has 138 valence electrons. The van der Waals surface area contributed by atoms with Crippen molar-refractivity contribution in [3.63, 3.8) is 0 Å². The van der Waals surface area contributed by atoms with E-state index in [-0.39, 0.29) is 11.7 Å². The molecule has 1 amide bonds. The first-order valence-corrected chi connectivity index (χ1v) is 8.69. The zero-order valence-corrected chi connectivity index (χ0v) is 15.1. The Morgan fingerprint density at radius 1 is 1.35 bits per heavy atom. The van der Waals surface area contributed by atoms with Crippen molar-refractivity contribution in [2.24, 2.45) is 0 Å². The average molecular weight is 359 g/mol. The van der Waals surface area contributed by atoms with E-state index in [0.717, 1.165) is 23.2 Å². The number of hydrogen-bond acceptors (Lipinski definition) is 3. The summed E-state index contributed by atoms with van der Waals surface area (Å²) in [6.07, 6.45) is 2.26. The van der Waals surface area contributed by atoms with Crippen molar-refractivity contribution in [3.05, 3.63) is 46.5 Å². The lowest BCUT2D eigenvalue weighted by Crippen LogP contribution is -2.41. The van der Waals surface area contributed by atoms with Gasteiger partial charge in [0.05, 0.1) is 0 Å². The number of carbonyl (C=O) groups is 2. The largest absolute Gasteiger partial charge is 0.480 e. The summed E-state index contributed by atoms with van der Waals surface area (Å²) in [6, 6.07) is 4.49. The van der Waals surface area contributed by atoms with Gasteiger partial charge in [0.2, 0.25) is 0 Å². The van der Waals surface area contributed by atoms with Crippen molar-refractivity contribution in [1.29, 1.82) is 0 Å². The minimum atomic E-state index is -1.08. The van der Waals surface area contributed by atoms with Gasteiger partial charge < -0.3 is 10.0 Å². The molecule has 6 nitrogen and oxygen atoms in total. The van der Waals surface area contributed by atoms with Crippen LogP contribution in [0.25, 0.3) is 5.69 Å². The normalized spacial score (nSPS) is 13.1. The predicted molar refractivity (Wildman–Crippen MR) is 94.1 cm³/mol. The number of amides is 1. The molecule has 0 spiro atoms. The monoisotopic (exact) mass is 359 g/mol. The minimum absolute atomic E-state index is 0.230. The lowest BCUT2D eigenvalue weighted by Gasteiger charge is -2.24. The van der Waals surface area contributed by atoms with E-state index in [0.29, 0.717) is 18.5 Å². The number of carboxylic acid groups (broad SMARTS) is 1. The number of rotatable bonds is 5. The Kier molecular flexibility index (Phi) is 4.80. The quantitative estimate of drug-likeness (QED) is 0.891. The Labute approximate surface area is 151 Å². The fourth-order valence-corrected chi connectivity index (χ4v) is 3.36. The number of hydrogen-bond donors (Lipinski definition) is 1. The Morgan fingerprint density at radius 2 is 2.08 bits per heavy atom. The van der Waals surface area contributed by atoms with Crippen molar-refractivity contribution in [1.82, 2.24) is 14.7 Å². The average Bonchev–Trinajstić information content (AvgIpc) is 3.16. The van der Waals surface area contributed by atoms with Crippen LogP contribution in [-0.2, 0) is 17.6 Å². The van der Waals surface area contributed by atoms with Crippen LogP contribution >= 0.6 is 0 Å². The molecular weight excluding hydrogens is 337 g/mol. The second-order valence-electron chi connectivity index (χ2n) is 6.91. The summed E-state index contributed by atoms with van der Waals surface area (Å²) < 4.78 is 15.9. The van der Waals surface area contributed by atoms with Crippen LogP contribution < -0.4 is 0 Å². The van der Waals surface area contributed by atoms with Crippen molar-refractivity contribution in [3.8, 4) is 5.69 Å². The number of carboxylic acids is 1. The van der Waals surface area contributed by atoms with Gasteiger partial charge in [-0.05, 0) is 57.7 Å². The Hall–Kier alpha value is -2.70. The molecule has 0 saturated carbocycles. The Morgan fingerprint density at radius 3 is 2.73 bits per heavy atom. The summed E-state index contributed by atoms with van der Waals surface area (Å²) in [6.45, 7) is 5.00. The first-order valence-electron chi connectivity index (χ1n) is 8.69. The molecule has 1 aromatic carbocycles. The highest BCUT2D eigenvalue weighted by Crippen LogP contribution is 2.30. The smallest absolute Gasteiger partial charge is 0.323 e. The molecule has 1 N–H and O–H groups in total. The topological polar surface area (TPSA) is 75.4 Å². The van der Waals surface area contributed by atoms with E-state index in [2.05, 4.69) is 5.10 Å². The van der Waals surface area contributed by atoms with Gasteiger partial charge in [-0.15, -0.1) is 0 Å². The molecule has 3 rings (SSSR count). The third-order valence-corrected chi connectivity index (χ3v) is 4.65. The number of carbonyl (C=O) groups excluding carboxylic acids is 1. The van der Waals surface area contributed by atoms with E-state index in [4.69, 9.17) is 5.11 Å². The summed E-state index contributed by atoms with van der Waals surface area (Å²) >= 11 is 0. The van der Waals surface area contributed by atoms with Gasteiger partial charge in [-0.3, -0.25) is 9.59 Å². The number of nitrogens with zero attached hydrogens (tertiary/aromatic N) is 3. The zero-order chi connectivity index (χ0) is 19.0. The van der Waals surface area contributed by atoms with Gasteiger partial charge in [0, 0.05) is 17.3 Å². The first-order chi connectivity index (χ1) is 12.3. The molecule has 2 aromatic rings. The third kappa shape index (κ3) is 3.21. The van der Waals surface area contributed by atoms with E-state index >= 15 is 0 Å². The summed E-state index contributed by atoms with van der Waals surface area (Å²) in [5.41, 5.74) is 3.07. The molecule has 7 heteroatoms. The number of fused-ring (bicyclic) bond motifs is 1. The van der Waals surface area contributed by atoms with E-state index in [1.807, 2.05) is 6.92 Å². The molecule has 1 aliphatic carbocycles. The standard InChI is InChI=1S/C19H22FN3O3/c1-11(2)22(10-17(24)25)19(26)18-13-5-4-6-15(13)23(21-18)16-9-12(3)7-8-14(16)20/h7-9,11H,4-6,10H2,1-3H3,(H,24,25). The molecule has 0 atom stereocenters. The van der Waals surface area contributed by atoms with Crippen molar-refractivity contribution >= 4 is 11.9 Å². The van der Waals surface area contributed by atoms with Crippen LogP contribution in [0.1, 0.15) is 47.6 Å². The summed E-state index contributed by atoms with van der Waals surface area (Å²) in [7, 11) is 0. The number of halogens is 1. The van der Waals surface area contributed by atoms with Crippen molar-refractivity contribution < 1.29 is 19.1 Å². The second kappa shape index (κ2) is 6.90. The molecular formula is C19H22FN3O3. The van der Waals surface area contributed by atoms with E-state index < -0.39 is 24.2 Å². The highest BCUT2D eigenvalue weighted by Gasteiger charge is 2.31. The molecule has 0 unspecified atom stereocenters. The molecule has 1 aliphatic rings. The van der Waals surface area contributed by atoms with Crippen LogP contribution in [0.2, 0.25) is 0 Å². The van der Waals surface area contributed by atoms with Crippen LogP contribution in [-0.4, -0.2) is 44.3 Å². The van der Waals surface area contributed by atoms with Gasteiger partial charge in [0.15, 0.2) is 5.69 Å². The van der Waals surface area contributed by atoms with Crippen LogP contribution in [0.4, 0.5) is 4.39 Å². The number of benzene rings is 1. The number of aryl methyl sites for hydroxylation is 1. The molecule has 0 fully saturated rings. The lowest BCUT2D eigenvalue weighted by atomic mass is 10.1. The third-order valence-electron chi connectivity index (χ3n) is 4.65. The van der Waals surface area contributed by atoms with E-state index in [9.17, 15) is 14.0 Å². The van der Waals surface area contributed by atoms with Gasteiger partial charge in [-0.1, -0.05) is 6.07 Å².